The third kappa shape index (κ3) is 1.08. The Morgan fingerprint density at radius 1 is 1.89 bits per heavy atom. The molecule has 0 atom stereocenters. The summed E-state index contributed by atoms with van der Waals surface area (Å²) in [4.78, 5) is 3.91. The first-order valence-electron chi connectivity index (χ1n) is 2.43. The van der Waals surface area contributed by atoms with Gasteiger partial charge in [-0.05, 0) is 17.9 Å². The van der Waals surface area contributed by atoms with Crippen molar-refractivity contribution < 1.29 is 0 Å². The molecule has 0 aliphatic carbocycles. The summed E-state index contributed by atoms with van der Waals surface area (Å²) < 4.78 is 1.83. The lowest BCUT2D eigenvalue weighted by molar-refractivity contribution is 1.19. The first-order valence-corrected chi connectivity index (χ1v) is 3.61. The Kier molecular flexibility index (Phi) is 1.81. The molecule has 46 valence electrons. The van der Waals surface area contributed by atoms with Crippen LogP contribution in [0.4, 0.5) is 0 Å². The van der Waals surface area contributed by atoms with Crippen LogP contribution < -0.4 is 0 Å². The zero-order valence-electron chi connectivity index (χ0n) is 5.03. The molecule has 0 spiro atoms. The molecule has 0 saturated carbocycles. The molecule has 0 fully saturated rings. The Morgan fingerprint density at radius 2 is 2.67 bits per heavy atom. The first-order chi connectivity index (χ1) is 4.38. The molecule has 0 N–H and O–H groups in total. The number of hydrogen-bond donors (Lipinski definition) is 0. The molecule has 0 aliphatic heterocycles. The molecule has 3 heteroatoms. The summed E-state index contributed by atoms with van der Waals surface area (Å²) in [7, 11) is 0. The van der Waals surface area contributed by atoms with Gasteiger partial charge in [0.05, 0.1) is 0 Å². The standard InChI is InChI=1S/C6H6N2S/c1-3-6-7-4-5-8(6)9-2/h1,4-5H,2H3. The minimum absolute atomic E-state index is 0.669. The lowest BCUT2D eigenvalue weighted by Gasteiger charge is -1.93. The maximum absolute atomic E-state index is 5.12. The van der Waals surface area contributed by atoms with Crippen molar-refractivity contribution in [2.45, 2.75) is 0 Å². The summed E-state index contributed by atoms with van der Waals surface area (Å²) in [5.41, 5.74) is 0. The van der Waals surface area contributed by atoms with Gasteiger partial charge in [0, 0.05) is 18.6 Å². The van der Waals surface area contributed by atoms with Gasteiger partial charge in [-0.3, -0.25) is 3.97 Å². The Morgan fingerprint density at radius 3 is 3.11 bits per heavy atom. The zero-order chi connectivity index (χ0) is 6.69. The average Bonchev–Trinajstić information content (AvgIpc) is 2.33. The van der Waals surface area contributed by atoms with E-state index in [4.69, 9.17) is 6.42 Å². The van der Waals surface area contributed by atoms with E-state index in [0.717, 1.165) is 0 Å². The number of hydrogen-bond acceptors (Lipinski definition) is 2. The second kappa shape index (κ2) is 2.60. The molecular weight excluding hydrogens is 132 g/mol. The summed E-state index contributed by atoms with van der Waals surface area (Å²) in [6.07, 6.45) is 10.6. The highest BCUT2D eigenvalue weighted by Crippen LogP contribution is 2.03. The lowest BCUT2D eigenvalue weighted by Crippen LogP contribution is -1.86. The Hall–Kier alpha value is -0.880. The van der Waals surface area contributed by atoms with E-state index in [1.165, 1.54) is 11.9 Å². The van der Waals surface area contributed by atoms with Crippen molar-refractivity contribution in [3.05, 3.63) is 18.2 Å². The third-order valence-corrected chi connectivity index (χ3v) is 1.62. The predicted octanol–water partition coefficient (Wildman–Crippen LogP) is 0.990. The summed E-state index contributed by atoms with van der Waals surface area (Å²) in [6.45, 7) is 0. The normalized spacial score (nSPS) is 8.89. The molecular formula is C6H6N2S. The van der Waals surface area contributed by atoms with E-state index in [1.807, 2.05) is 16.4 Å². The quantitative estimate of drug-likeness (QED) is 0.538. The highest BCUT2D eigenvalue weighted by molar-refractivity contribution is 7.97. The molecule has 1 aromatic rings. The summed E-state index contributed by atoms with van der Waals surface area (Å²) in [5, 5.41) is 0. The predicted molar refractivity (Wildman–Crippen MR) is 39.1 cm³/mol. The van der Waals surface area contributed by atoms with E-state index in [2.05, 4.69) is 10.9 Å². The fourth-order valence-electron chi connectivity index (χ4n) is 0.540. The van der Waals surface area contributed by atoms with E-state index in [1.54, 1.807) is 6.20 Å². The fourth-order valence-corrected chi connectivity index (χ4v) is 0.989. The van der Waals surface area contributed by atoms with Gasteiger partial charge >= 0.3 is 0 Å². The number of rotatable bonds is 1. The molecule has 0 bridgehead atoms. The van der Waals surface area contributed by atoms with Crippen molar-refractivity contribution in [2.75, 3.05) is 6.26 Å². The van der Waals surface area contributed by atoms with Crippen molar-refractivity contribution >= 4 is 11.9 Å². The monoisotopic (exact) mass is 138 g/mol. The zero-order valence-corrected chi connectivity index (χ0v) is 5.85. The molecule has 0 aliphatic rings. The molecule has 0 radical (unpaired) electrons. The fraction of sp³-hybridized carbons (Fsp3) is 0.167. The minimum atomic E-state index is 0.669. The van der Waals surface area contributed by atoms with Crippen molar-refractivity contribution in [3.63, 3.8) is 0 Å². The van der Waals surface area contributed by atoms with E-state index in [9.17, 15) is 0 Å². The van der Waals surface area contributed by atoms with E-state index in [-0.39, 0.29) is 0 Å². The molecule has 1 rings (SSSR count). The van der Waals surface area contributed by atoms with Crippen molar-refractivity contribution in [1.29, 1.82) is 0 Å². The smallest absolute Gasteiger partial charge is 0.195 e. The van der Waals surface area contributed by atoms with Crippen LogP contribution in [0.2, 0.25) is 0 Å². The third-order valence-electron chi connectivity index (χ3n) is 0.933. The molecule has 9 heavy (non-hydrogen) atoms. The highest BCUT2D eigenvalue weighted by atomic mass is 32.2. The van der Waals surface area contributed by atoms with Crippen LogP contribution in [0, 0.1) is 12.3 Å². The maximum Gasteiger partial charge on any atom is 0.195 e. The van der Waals surface area contributed by atoms with Crippen LogP contribution in [0.5, 0.6) is 0 Å². The van der Waals surface area contributed by atoms with Gasteiger partial charge < -0.3 is 0 Å². The van der Waals surface area contributed by atoms with Gasteiger partial charge in [-0.25, -0.2) is 4.98 Å². The van der Waals surface area contributed by atoms with Crippen molar-refractivity contribution in [1.82, 2.24) is 8.96 Å². The summed E-state index contributed by atoms with van der Waals surface area (Å²) in [6, 6.07) is 0. The van der Waals surface area contributed by atoms with Crippen LogP contribution in [-0.2, 0) is 0 Å². The average molecular weight is 138 g/mol. The van der Waals surface area contributed by atoms with E-state index >= 15 is 0 Å². The number of imidazole rings is 1. The van der Waals surface area contributed by atoms with Gasteiger partial charge in [0.1, 0.15) is 0 Å². The Labute approximate surface area is 58.4 Å². The van der Waals surface area contributed by atoms with Gasteiger partial charge in [0.15, 0.2) is 5.82 Å². The molecule has 1 heterocycles. The second-order valence-electron chi connectivity index (χ2n) is 1.40. The Balaban J connectivity index is 3.02. The summed E-state index contributed by atoms with van der Waals surface area (Å²) in [5.74, 6) is 3.13. The maximum atomic E-state index is 5.12. The van der Waals surface area contributed by atoms with Gasteiger partial charge in [0.2, 0.25) is 0 Å². The molecule has 0 unspecified atom stereocenters. The SMILES string of the molecule is C#Cc1nccn1SC. The van der Waals surface area contributed by atoms with Crippen LogP contribution in [0.15, 0.2) is 12.4 Å². The molecule has 2 nitrogen and oxygen atoms in total. The number of terminal acetylenes is 1. The van der Waals surface area contributed by atoms with Crippen LogP contribution in [0.3, 0.4) is 0 Å². The van der Waals surface area contributed by atoms with Crippen LogP contribution >= 0.6 is 11.9 Å². The molecule has 0 amide bonds. The van der Waals surface area contributed by atoms with Gasteiger partial charge in [-0.1, -0.05) is 0 Å². The van der Waals surface area contributed by atoms with E-state index in [0.29, 0.717) is 5.82 Å². The molecule has 0 saturated heterocycles. The number of nitrogens with zero attached hydrogens (tertiary/aromatic N) is 2. The van der Waals surface area contributed by atoms with E-state index < -0.39 is 0 Å². The largest absolute Gasteiger partial charge is 0.267 e. The lowest BCUT2D eigenvalue weighted by atomic mass is 10.7. The van der Waals surface area contributed by atoms with Crippen molar-refractivity contribution in [3.8, 4) is 12.3 Å². The Bertz CT molecular complexity index is 233. The topological polar surface area (TPSA) is 17.8 Å². The first kappa shape index (κ1) is 6.24. The van der Waals surface area contributed by atoms with Crippen LogP contribution in [0.25, 0.3) is 0 Å². The van der Waals surface area contributed by atoms with Crippen molar-refractivity contribution in [2.24, 2.45) is 0 Å². The van der Waals surface area contributed by atoms with Crippen LogP contribution in [0.1, 0.15) is 5.82 Å². The highest BCUT2D eigenvalue weighted by Gasteiger charge is 1.93. The summed E-state index contributed by atoms with van der Waals surface area (Å²) >= 11 is 1.54. The second-order valence-corrected chi connectivity index (χ2v) is 2.16. The van der Waals surface area contributed by atoms with Gasteiger partial charge in [-0.2, -0.15) is 0 Å². The van der Waals surface area contributed by atoms with Gasteiger partial charge in [0.25, 0.3) is 0 Å². The van der Waals surface area contributed by atoms with Gasteiger partial charge in [-0.15, -0.1) is 6.42 Å². The van der Waals surface area contributed by atoms with Crippen LogP contribution in [-0.4, -0.2) is 15.2 Å². The minimum Gasteiger partial charge on any atom is -0.267 e. The number of aromatic nitrogens is 2. The molecule has 0 aromatic carbocycles. The molecule has 1 aromatic heterocycles.